The topological polar surface area (TPSA) is 54.3 Å². The molecule has 1 heterocycles. The summed E-state index contributed by atoms with van der Waals surface area (Å²) in [7, 11) is 0. The maximum absolute atomic E-state index is 13.3. The van der Waals surface area contributed by atoms with Crippen molar-refractivity contribution in [2.45, 2.75) is 13.1 Å². The molecule has 2 rings (SSSR count). The lowest BCUT2D eigenvalue weighted by Gasteiger charge is -2.06. The molecule has 2 N–H and O–H groups in total. The zero-order valence-electron chi connectivity index (χ0n) is 10.4. The lowest BCUT2D eigenvalue weighted by molar-refractivity contribution is -0.120. The van der Waals surface area contributed by atoms with Gasteiger partial charge in [0.15, 0.2) is 0 Å². The molecule has 0 fully saturated rings. The Balaban J connectivity index is 1.68. The summed E-state index contributed by atoms with van der Waals surface area (Å²) in [5, 5.41) is 5.59. The van der Waals surface area contributed by atoms with Gasteiger partial charge in [-0.05, 0) is 18.2 Å². The third-order valence-corrected chi connectivity index (χ3v) is 2.60. The minimum Gasteiger partial charge on any atom is -0.467 e. The van der Waals surface area contributed by atoms with Crippen molar-refractivity contribution in [3.63, 3.8) is 0 Å². The predicted octanol–water partition coefficient (Wildman–Crippen LogP) is 1.82. The van der Waals surface area contributed by atoms with Crippen LogP contribution in [0.3, 0.4) is 0 Å². The summed E-state index contributed by atoms with van der Waals surface area (Å²) in [5.74, 6) is 0.265. The first-order valence-corrected chi connectivity index (χ1v) is 5.99. The van der Waals surface area contributed by atoms with E-state index in [-0.39, 0.29) is 18.3 Å². The monoisotopic (exact) mass is 262 g/mol. The molecule has 100 valence electrons. The highest BCUT2D eigenvalue weighted by Crippen LogP contribution is 2.05. The molecule has 0 aliphatic heterocycles. The Labute approximate surface area is 110 Å². The number of benzene rings is 1. The van der Waals surface area contributed by atoms with Crippen LogP contribution in [0.1, 0.15) is 11.3 Å². The third-order valence-electron chi connectivity index (χ3n) is 2.60. The van der Waals surface area contributed by atoms with Gasteiger partial charge >= 0.3 is 0 Å². The SMILES string of the molecule is O=C(CNCc1ccccc1F)NCc1ccco1. The number of furan rings is 1. The van der Waals surface area contributed by atoms with Crippen molar-refractivity contribution >= 4 is 5.91 Å². The van der Waals surface area contributed by atoms with Crippen molar-refractivity contribution in [2.75, 3.05) is 6.54 Å². The molecule has 0 spiro atoms. The van der Waals surface area contributed by atoms with E-state index in [2.05, 4.69) is 10.6 Å². The molecule has 1 amide bonds. The largest absolute Gasteiger partial charge is 0.467 e. The summed E-state index contributed by atoms with van der Waals surface area (Å²) in [6, 6.07) is 10.0. The Bertz CT molecular complexity index is 526. The average Bonchev–Trinajstić information content (AvgIpc) is 2.92. The minimum atomic E-state index is -0.272. The highest BCUT2D eigenvalue weighted by molar-refractivity contribution is 5.77. The van der Waals surface area contributed by atoms with Crippen LogP contribution in [0.5, 0.6) is 0 Å². The molecule has 0 saturated heterocycles. The van der Waals surface area contributed by atoms with Crippen LogP contribution in [0.4, 0.5) is 4.39 Å². The molecule has 19 heavy (non-hydrogen) atoms. The van der Waals surface area contributed by atoms with Gasteiger partial charge in [-0.2, -0.15) is 0 Å². The highest BCUT2D eigenvalue weighted by atomic mass is 19.1. The lowest BCUT2D eigenvalue weighted by Crippen LogP contribution is -2.33. The average molecular weight is 262 g/mol. The van der Waals surface area contributed by atoms with Gasteiger partial charge in [-0.25, -0.2) is 4.39 Å². The fourth-order valence-corrected chi connectivity index (χ4v) is 1.61. The molecule has 0 atom stereocenters. The summed E-state index contributed by atoms with van der Waals surface area (Å²) in [6.07, 6.45) is 1.55. The normalized spacial score (nSPS) is 10.4. The van der Waals surface area contributed by atoms with Gasteiger partial charge in [-0.1, -0.05) is 18.2 Å². The van der Waals surface area contributed by atoms with Crippen LogP contribution < -0.4 is 10.6 Å². The Hall–Kier alpha value is -2.14. The van der Waals surface area contributed by atoms with Gasteiger partial charge in [0, 0.05) is 12.1 Å². The zero-order chi connectivity index (χ0) is 13.5. The molecule has 2 aromatic rings. The summed E-state index contributed by atoms with van der Waals surface area (Å²) in [6.45, 7) is 0.809. The first-order chi connectivity index (χ1) is 9.25. The Kier molecular flexibility index (Phi) is 4.69. The molecular formula is C14H15FN2O2. The van der Waals surface area contributed by atoms with E-state index < -0.39 is 0 Å². The maximum Gasteiger partial charge on any atom is 0.234 e. The van der Waals surface area contributed by atoms with Gasteiger partial charge in [0.25, 0.3) is 0 Å². The summed E-state index contributed by atoms with van der Waals surface area (Å²) in [5.41, 5.74) is 0.543. The van der Waals surface area contributed by atoms with Crippen molar-refractivity contribution in [3.05, 3.63) is 59.8 Å². The smallest absolute Gasteiger partial charge is 0.234 e. The molecule has 0 aliphatic rings. The van der Waals surface area contributed by atoms with Crippen molar-refractivity contribution in [2.24, 2.45) is 0 Å². The molecule has 1 aromatic carbocycles. The van der Waals surface area contributed by atoms with Crippen molar-refractivity contribution in [1.29, 1.82) is 0 Å². The van der Waals surface area contributed by atoms with Gasteiger partial charge in [0.05, 0.1) is 19.4 Å². The summed E-state index contributed by atoms with van der Waals surface area (Å²) >= 11 is 0. The number of amides is 1. The molecule has 0 unspecified atom stereocenters. The van der Waals surface area contributed by atoms with Gasteiger partial charge in [-0.15, -0.1) is 0 Å². The van der Waals surface area contributed by atoms with Gasteiger partial charge in [-0.3, -0.25) is 4.79 Å². The molecule has 0 radical (unpaired) electrons. The number of halogens is 1. The molecule has 4 nitrogen and oxygen atoms in total. The molecular weight excluding hydrogens is 247 g/mol. The third kappa shape index (κ3) is 4.22. The van der Waals surface area contributed by atoms with E-state index in [4.69, 9.17) is 4.42 Å². The second-order valence-electron chi connectivity index (χ2n) is 4.05. The van der Waals surface area contributed by atoms with Crippen molar-refractivity contribution < 1.29 is 13.6 Å². The van der Waals surface area contributed by atoms with Gasteiger partial charge < -0.3 is 15.1 Å². The lowest BCUT2D eigenvalue weighted by atomic mass is 10.2. The number of carbonyl (C=O) groups is 1. The predicted molar refractivity (Wildman–Crippen MR) is 68.7 cm³/mol. The van der Waals surface area contributed by atoms with Crippen LogP contribution in [-0.4, -0.2) is 12.5 Å². The number of rotatable bonds is 6. The van der Waals surface area contributed by atoms with Crippen LogP contribution in [0.25, 0.3) is 0 Å². The van der Waals surface area contributed by atoms with Crippen LogP contribution >= 0.6 is 0 Å². The van der Waals surface area contributed by atoms with Crippen LogP contribution in [-0.2, 0) is 17.9 Å². The van der Waals surface area contributed by atoms with E-state index in [0.29, 0.717) is 24.4 Å². The molecule has 0 saturated carbocycles. The Morgan fingerprint density at radius 1 is 1.16 bits per heavy atom. The van der Waals surface area contributed by atoms with E-state index in [9.17, 15) is 9.18 Å². The van der Waals surface area contributed by atoms with E-state index in [1.807, 2.05) is 0 Å². The van der Waals surface area contributed by atoms with Gasteiger partial charge in [0.1, 0.15) is 11.6 Å². The van der Waals surface area contributed by atoms with Gasteiger partial charge in [0.2, 0.25) is 5.91 Å². The molecule has 0 bridgehead atoms. The number of carbonyl (C=O) groups excluding carboxylic acids is 1. The van der Waals surface area contributed by atoms with E-state index >= 15 is 0 Å². The highest BCUT2D eigenvalue weighted by Gasteiger charge is 2.04. The van der Waals surface area contributed by atoms with Crippen LogP contribution in [0, 0.1) is 5.82 Å². The first kappa shape index (κ1) is 13.3. The second kappa shape index (κ2) is 6.70. The van der Waals surface area contributed by atoms with Crippen LogP contribution in [0.15, 0.2) is 47.1 Å². The standard InChI is InChI=1S/C14H15FN2O2/c15-13-6-2-1-4-11(13)8-16-10-14(18)17-9-12-5-3-7-19-12/h1-7,16H,8-10H2,(H,17,18). The van der Waals surface area contributed by atoms with Crippen molar-refractivity contribution in [1.82, 2.24) is 10.6 Å². The zero-order valence-corrected chi connectivity index (χ0v) is 10.4. The molecule has 0 aliphatic carbocycles. The molecule has 5 heteroatoms. The van der Waals surface area contributed by atoms with E-state index in [0.717, 1.165) is 0 Å². The number of nitrogens with one attached hydrogen (secondary N) is 2. The number of hydrogen-bond donors (Lipinski definition) is 2. The number of hydrogen-bond acceptors (Lipinski definition) is 3. The quantitative estimate of drug-likeness (QED) is 0.835. The second-order valence-corrected chi connectivity index (χ2v) is 4.05. The minimum absolute atomic E-state index is 0.134. The van der Waals surface area contributed by atoms with Crippen LogP contribution in [0.2, 0.25) is 0 Å². The summed E-state index contributed by atoms with van der Waals surface area (Å²) in [4.78, 5) is 11.5. The van der Waals surface area contributed by atoms with E-state index in [1.54, 1.807) is 36.6 Å². The van der Waals surface area contributed by atoms with E-state index in [1.165, 1.54) is 6.07 Å². The summed E-state index contributed by atoms with van der Waals surface area (Å²) < 4.78 is 18.4. The Morgan fingerprint density at radius 3 is 2.74 bits per heavy atom. The fourth-order valence-electron chi connectivity index (χ4n) is 1.61. The Morgan fingerprint density at radius 2 is 2.00 bits per heavy atom. The molecule has 1 aromatic heterocycles. The van der Waals surface area contributed by atoms with Crippen molar-refractivity contribution in [3.8, 4) is 0 Å². The first-order valence-electron chi connectivity index (χ1n) is 5.99. The maximum atomic E-state index is 13.3. The fraction of sp³-hybridized carbons (Fsp3) is 0.214.